The molecule has 4 heteroatoms. The topological polar surface area (TPSA) is 34.2 Å². The second-order valence-corrected chi connectivity index (χ2v) is 5.22. The standard InChI is InChI=1S/C14H16N2OS/c1-2-4-14-11(3-1)7-13(8-17-14)15-6-5-12-9-18-10-16-12/h1-4,9-10,13,15H,5-8H2/t13-/m0/s1. The zero-order chi connectivity index (χ0) is 12.2. The van der Waals surface area contributed by atoms with Gasteiger partial charge in [0, 0.05) is 24.4 Å². The Labute approximate surface area is 111 Å². The van der Waals surface area contributed by atoms with Crippen LogP contribution in [-0.2, 0) is 12.8 Å². The highest BCUT2D eigenvalue weighted by molar-refractivity contribution is 7.07. The van der Waals surface area contributed by atoms with Crippen molar-refractivity contribution in [2.45, 2.75) is 18.9 Å². The summed E-state index contributed by atoms with van der Waals surface area (Å²) in [6.45, 7) is 1.72. The van der Waals surface area contributed by atoms with Crippen molar-refractivity contribution in [1.82, 2.24) is 10.3 Å². The first-order valence-corrected chi connectivity index (χ1v) is 7.17. The normalized spacial score (nSPS) is 18.1. The van der Waals surface area contributed by atoms with Crippen molar-refractivity contribution >= 4 is 11.3 Å². The highest BCUT2D eigenvalue weighted by Gasteiger charge is 2.18. The SMILES string of the molecule is c1ccc2c(c1)C[C@H](NCCc1cscn1)CO2. The molecule has 0 bridgehead atoms. The van der Waals surface area contributed by atoms with Gasteiger partial charge in [0.1, 0.15) is 12.4 Å². The first kappa shape index (κ1) is 11.7. The van der Waals surface area contributed by atoms with E-state index in [2.05, 4.69) is 27.8 Å². The Bertz CT molecular complexity index is 498. The Morgan fingerprint density at radius 2 is 2.33 bits per heavy atom. The van der Waals surface area contributed by atoms with E-state index in [1.54, 1.807) is 11.3 Å². The van der Waals surface area contributed by atoms with Crippen molar-refractivity contribution < 1.29 is 4.74 Å². The third-order valence-electron chi connectivity index (χ3n) is 3.18. The van der Waals surface area contributed by atoms with Crippen molar-refractivity contribution in [2.24, 2.45) is 0 Å². The van der Waals surface area contributed by atoms with Crippen LogP contribution in [0.2, 0.25) is 0 Å². The summed E-state index contributed by atoms with van der Waals surface area (Å²) in [4.78, 5) is 4.28. The van der Waals surface area contributed by atoms with Crippen LogP contribution in [0.4, 0.5) is 0 Å². The number of fused-ring (bicyclic) bond motifs is 1. The summed E-state index contributed by atoms with van der Waals surface area (Å²) >= 11 is 1.65. The lowest BCUT2D eigenvalue weighted by Crippen LogP contribution is -2.40. The maximum Gasteiger partial charge on any atom is 0.122 e. The second-order valence-electron chi connectivity index (χ2n) is 4.50. The molecule has 2 heterocycles. The Balaban J connectivity index is 1.51. The zero-order valence-corrected chi connectivity index (χ0v) is 11.0. The summed E-state index contributed by atoms with van der Waals surface area (Å²) in [7, 11) is 0. The Morgan fingerprint density at radius 1 is 1.39 bits per heavy atom. The highest BCUT2D eigenvalue weighted by Crippen LogP contribution is 2.23. The van der Waals surface area contributed by atoms with Crippen molar-refractivity contribution in [3.63, 3.8) is 0 Å². The minimum atomic E-state index is 0.415. The van der Waals surface area contributed by atoms with Gasteiger partial charge in [0.25, 0.3) is 0 Å². The Kier molecular flexibility index (Phi) is 3.57. The van der Waals surface area contributed by atoms with E-state index in [0.29, 0.717) is 6.04 Å². The molecule has 0 saturated carbocycles. The van der Waals surface area contributed by atoms with E-state index in [9.17, 15) is 0 Å². The summed E-state index contributed by atoms with van der Waals surface area (Å²) in [5.41, 5.74) is 4.36. The Morgan fingerprint density at radius 3 is 3.22 bits per heavy atom. The van der Waals surface area contributed by atoms with E-state index >= 15 is 0 Å². The molecule has 94 valence electrons. The second kappa shape index (κ2) is 5.50. The molecule has 0 fully saturated rings. The van der Waals surface area contributed by atoms with Crippen LogP contribution >= 0.6 is 11.3 Å². The van der Waals surface area contributed by atoms with Gasteiger partial charge < -0.3 is 10.1 Å². The molecule has 0 spiro atoms. The van der Waals surface area contributed by atoms with Crippen molar-refractivity contribution in [2.75, 3.05) is 13.2 Å². The Hall–Kier alpha value is -1.39. The molecule has 1 aliphatic rings. The number of thiazole rings is 1. The quantitative estimate of drug-likeness (QED) is 0.915. The molecule has 0 saturated heterocycles. The van der Waals surface area contributed by atoms with E-state index < -0.39 is 0 Å². The van der Waals surface area contributed by atoms with Gasteiger partial charge in [-0.05, 0) is 18.1 Å². The van der Waals surface area contributed by atoms with Crippen molar-refractivity contribution in [3.8, 4) is 5.75 Å². The van der Waals surface area contributed by atoms with Gasteiger partial charge >= 0.3 is 0 Å². The van der Waals surface area contributed by atoms with Crippen molar-refractivity contribution in [1.29, 1.82) is 0 Å². The van der Waals surface area contributed by atoms with Crippen LogP contribution in [0.25, 0.3) is 0 Å². The molecule has 3 nitrogen and oxygen atoms in total. The number of aromatic nitrogens is 1. The number of nitrogens with one attached hydrogen (secondary N) is 1. The molecule has 1 aromatic heterocycles. The van der Waals surface area contributed by atoms with Crippen LogP contribution in [0.15, 0.2) is 35.2 Å². The monoisotopic (exact) mass is 260 g/mol. The molecule has 3 rings (SSSR count). The van der Waals surface area contributed by atoms with Gasteiger partial charge in [0.05, 0.1) is 11.2 Å². The predicted octanol–water partition coefficient (Wildman–Crippen LogP) is 2.28. The van der Waals surface area contributed by atoms with Gasteiger partial charge in [-0.25, -0.2) is 4.98 Å². The summed E-state index contributed by atoms with van der Waals surface area (Å²) in [5.74, 6) is 1.04. The van der Waals surface area contributed by atoms with Gasteiger partial charge in [-0.3, -0.25) is 0 Å². The summed E-state index contributed by atoms with van der Waals surface area (Å²) in [6, 6.07) is 8.69. The third kappa shape index (κ3) is 2.71. The highest BCUT2D eigenvalue weighted by atomic mass is 32.1. The average Bonchev–Trinajstić information content (AvgIpc) is 2.92. The van der Waals surface area contributed by atoms with Gasteiger partial charge in [0.15, 0.2) is 0 Å². The van der Waals surface area contributed by atoms with Crippen LogP contribution in [0.1, 0.15) is 11.3 Å². The van der Waals surface area contributed by atoms with E-state index in [1.807, 2.05) is 17.6 Å². The number of hydrogen-bond acceptors (Lipinski definition) is 4. The van der Waals surface area contributed by atoms with E-state index in [1.165, 1.54) is 11.3 Å². The van der Waals surface area contributed by atoms with Crippen LogP contribution in [0, 0.1) is 0 Å². The molecule has 18 heavy (non-hydrogen) atoms. The molecular formula is C14H16N2OS. The van der Waals surface area contributed by atoms with Gasteiger partial charge in [-0.1, -0.05) is 18.2 Å². The third-order valence-corrected chi connectivity index (χ3v) is 3.81. The molecule has 0 radical (unpaired) electrons. The molecular weight excluding hydrogens is 244 g/mol. The maximum absolute atomic E-state index is 5.75. The van der Waals surface area contributed by atoms with Gasteiger partial charge in [0.2, 0.25) is 0 Å². The maximum atomic E-state index is 5.75. The fourth-order valence-electron chi connectivity index (χ4n) is 2.22. The molecule has 1 aliphatic heterocycles. The zero-order valence-electron chi connectivity index (χ0n) is 10.1. The molecule has 0 aliphatic carbocycles. The lowest BCUT2D eigenvalue weighted by Gasteiger charge is -2.26. The smallest absolute Gasteiger partial charge is 0.122 e. The van der Waals surface area contributed by atoms with Crippen LogP contribution in [0.3, 0.4) is 0 Å². The molecule has 1 atom stereocenters. The molecule has 2 aromatic rings. The summed E-state index contributed by atoms with van der Waals surface area (Å²) in [5, 5.41) is 5.65. The predicted molar refractivity (Wildman–Crippen MR) is 73.2 cm³/mol. The minimum Gasteiger partial charge on any atom is -0.492 e. The average molecular weight is 260 g/mol. The van der Waals surface area contributed by atoms with E-state index in [4.69, 9.17) is 4.74 Å². The number of rotatable bonds is 4. The number of para-hydroxylation sites is 1. The first-order valence-electron chi connectivity index (χ1n) is 6.23. The van der Waals surface area contributed by atoms with Gasteiger partial charge in [-0.15, -0.1) is 11.3 Å². The largest absolute Gasteiger partial charge is 0.492 e. The number of nitrogens with zero attached hydrogens (tertiary/aromatic N) is 1. The van der Waals surface area contributed by atoms with E-state index in [0.717, 1.165) is 31.7 Å². The van der Waals surface area contributed by atoms with Crippen LogP contribution in [0.5, 0.6) is 5.75 Å². The first-order chi connectivity index (χ1) is 8.92. The molecule has 0 unspecified atom stereocenters. The van der Waals surface area contributed by atoms with Crippen LogP contribution < -0.4 is 10.1 Å². The lowest BCUT2D eigenvalue weighted by molar-refractivity contribution is 0.239. The van der Waals surface area contributed by atoms with Crippen LogP contribution in [-0.4, -0.2) is 24.2 Å². The summed E-state index contributed by atoms with van der Waals surface area (Å²) < 4.78 is 5.75. The minimum absolute atomic E-state index is 0.415. The molecule has 1 aromatic carbocycles. The molecule has 0 amide bonds. The van der Waals surface area contributed by atoms with E-state index in [-0.39, 0.29) is 0 Å². The van der Waals surface area contributed by atoms with Crippen molar-refractivity contribution in [3.05, 3.63) is 46.4 Å². The fourth-order valence-corrected chi connectivity index (χ4v) is 2.82. The molecule has 1 N–H and O–H groups in total. The number of benzene rings is 1. The fraction of sp³-hybridized carbons (Fsp3) is 0.357. The lowest BCUT2D eigenvalue weighted by atomic mass is 10.0. The number of ether oxygens (including phenoxy) is 1. The summed E-state index contributed by atoms with van der Waals surface area (Å²) in [6.07, 6.45) is 2.04. The number of hydrogen-bond donors (Lipinski definition) is 1. The van der Waals surface area contributed by atoms with Gasteiger partial charge in [-0.2, -0.15) is 0 Å².